The van der Waals surface area contributed by atoms with E-state index in [1.807, 2.05) is 37.3 Å². The second-order valence-corrected chi connectivity index (χ2v) is 6.77. The van der Waals surface area contributed by atoms with Crippen LogP contribution in [-0.2, 0) is 11.2 Å². The summed E-state index contributed by atoms with van der Waals surface area (Å²) in [5.41, 5.74) is 0.690. The predicted molar refractivity (Wildman–Crippen MR) is 105 cm³/mol. The Morgan fingerprint density at radius 3 is 2.68 bits per heavy atom. The van der Waals surface area contributed by atoms with Gasteiger partial charge in [-0.2, -0.15) is 5.10 Å². The maximum absolute atomic E-state index is 12.8. The van der Waals surface area contributed by atoms with Gasteiger partial charge in [0.05, 0.1) is 12.8 Å². The molecule has 0 saturated carbocycles. The van der Waals surface area contributed by atoms with Crippen molar-refractivity contribution in [2.45, 2.75) is 32.2 Å². The summed E-state index contributed by atoms with van der Waals surface area (Å²) in [7, 11) is 0. The van der Waals surface area contributed by atoms with E-state index in [4.69, 9.17) is 4.74 Å². The Balaban J connectivity index is 1.71. The summed E-state index contributed by atoms with van der Waals surface area (Å²) in [5.74, 6) is -0.0627. The van der Waals surface area contributed by atoms with Gasteiger partial charge < -0.3 is 15.2 Å². The van der Waals surface area contributed by atoms with E-state index in [0.29, 0.717) is 30.8 Å². The zero-order valence-corrected chi connectivity index (χ0v) is 15.9. The van der Waals surface area contributed by atoms with Crippen molar-refractivity contribution in [1.29, 1.82) is 0 Å². The number of carbonyl (C=O) groups is 2. The number of aromatic hydroxyl groups is 1. The molecule has 1 atom stereocenters. The summed E-state index contributed by atoms with van der Waals surface area (Å²) >= 11 is 0. The smallest absolute Gasteiger partial charge is 0.346 e. The van der Waals surface area contributed by atoms with E-state index in [9.17, 15) is 14.7 Å². The van der Waals surface area contributed by atoms with Crippen LogP contribution in [0.15, 0.2) is 53.6 Å². The van der Waals surface area contributed by atoms with Crippen LogP contribution in [0, 0.1) is 0 Å². The highest BCUT2D eigenvalue weighted by Gasteiger charge is 2.47. The molecule has 1 saturated heterocycles. The van der Waals surface area contributed by atoms with Crippen LogP contribution in [0.2, 0.25) is 0 Å². The van der Waals surface area contributed by atoms with Crippen molar-refractivity contribution < 1.29 is 19.4 Å². The normalized spacial score (nSPS) is 19.3. The van der Waals surface area contributed by atoms with E-state index < -0.39 is 17.5 Å². The molecule has 0 aromatic heterocycles. The van der Waals surface area contributed by atoms with Gasteiger partial charge >= 0.3 is 6.03 Å². The summed E-state index contributed by atoms with van der Waals surface area (Å²) in [5, 5.41) is 17.4. The van der Waals surface area contributed by atoms with E-state index in [2.05, 4.69) is 10.4 Å². The first-order valence-electron chi connectivity index (χ1n) is 9.13. The zero-order valence-electron chi connectivity index (χ0n) is 15.9. The monoisotopic (exact) mass is 381 g/mol. The standard InChI is InChI=1S/C21H23N3O4/c1-3-28-18-13-16(9-10-17(18)25)14-22-24-19(26)21(2,23-20(24)27)12-11-15-7-5-4-6-8-15/h4-10,13-14,25H,3,11-12H2,1-2H3,(H,23,27)/b22-14+/t21-/m1/s1. The number of hydrogen-bond acceptors (Lipinski definition) is 5. The van der Waals surface area contributed by atoms with Crippen molar-refractivity contribution in [3.8, 4) is 11.5 Å². The molecule has 28 heavy (non-hydrogen) atoms. The zero-order chi connectivity index (χ0) is 20.1. The first-order valence-corrected chi connectivity index (χ1v) is 9.13. The molecule has 0 aliphatic carbocycles. The van der Waals surface area contributed by atoms with E-state index in [1.54, 1.807) is 19.1 Å². The number of amides is 3. The van der Waals surface area contributed by atoms with Crippen molar-refractivity contribution in [2.24, 2.45) is 5.10 Å². The lowest BCUT2D eigenvalue weighted by Gasteiger charge is -2.20. The molecule has 1 aliphatic heterocycles. The maximum atomic E-state index is 12.8. The topological polar surface area (TPSA) is 91.2 Å². The van der Waals surface area contributed by atoms with E-state index >= 15 is 0 Å². The third kappa shape index (κ3) is 4.14. The van der Waals surface area contributed by atoms with Gasteiger partial charge in [0.25, 0.3) is 5.91 Å². The first kappa shape index (κ1) is 19.4. The second-order valence-electron chi connectivity index (χ2n) is 6.77. The molecule has 7 nitrogen and oxygen atoms in total. The number of ether oxygens (including phenoxy) is 1. The number of hydrogen-bond donors (Lipinski definition) is 2. The second kappa shape index (κ2) is 8.12. The number of aryl methyl sites for hydroxylation is 1. The number of carbonyl (C=O) groups excluding carboxylic acids is 2. The Kier molecular flexibility index (Phi) is 5.63. The summed E-state index contributed by atoms with van der Waals surface area (Å²) in [4.78, 5) is 25.0. The lowest BCUT2D eigenvalue weighted by atomic mass is 9.93. The quantitative estimate of drug-likeness (QED) is 0.570. The summed E-state index contributed by atoms with van der Waals surface area (Å²) in [6.45, 7) is 3.92. The summed E-state index contributed by atoms with van der Waals surface area (Å²) < 4.78 is 5.33. The third-order valence-electron chi connectivity index (χ3n) is 4.60. The van der Waals surface area contributed by atoms with Gasteiger partial charge in [0.15, 0.2) is 11.5 Å². The predicted octanol–water partition coefficient (Wildman–Crippen LogP) is 3.07. The molecule has 1 heterocycles. The van der Waals surface area contributed by atoms with Crippen LogP contribution in [-0.4, -0.2) is 40.4 Å². The Morgan fingerprint density at radius 2 is 1.96 bits per heavy atom. The van der Waals surface area contributed by atoms with Crippen LogP contribution in [0.4, 0.5) is 4.79 Å². The average molecular weight is 381 g/mol. The number of nitrogens with zero attached hydrogens (tertiary/aromatic N) is 2. The van der Waals surface area contributed by atoms with Crippen LogP contribution in [0.25, 0.3) is 0 Å². The fraction of sp³-hybridized carbons (Fsp3) is 0.286. The Bertz CT molecular complexity index is 898. The molecule has 0 unspecified atom stereocenters. The van der Waals surface area contributed by atoms with E-state index in [1.165, 1.54) is 12.3 Å². The number of benzene rings is 2. The molecule has 0 spiro atoms. The molecule has 1 fully saturated rings. The number of urea groups is 1. The van der Waals surface area contributed by atoms with Gasteiger partial charge in [-0.15, -0.1) is 5.01 Å². The van der Waals surface area contributed by atoms with Crippen LogP contribution < -0.4 is 10.1 Å². The van der Waals surface area contributed by atoms with Gasteiger partial charge in [-0.3, -0.25) is 4.79 Å². The van der Waals surface area contributed by atoms with Gasteiger partial charge in [-0.05, 0) is 56.0 Å². The Hall–Kier alpha value is -3.35. The maximum Gasteiger partial charge on any atom is 0.346 e. The number of rotatable bonds is 7. The van der Waals surface area contributed by atoms with Gasteiger partial charge in [0, 0.05) is 0 Å². The fourth-order valence-electron chi connectivity index (χ4n) is 2.99. The summed E-state index contributed by atoms with van der Waals surface area (Å²) in [6.07, 6.45) is 2.53. The molecule has 1 aliphatic rings. The molecule has 2 aromatic carbocycles. The highest BCUT2D eigenvalue weighted by Crippen LogP contribution is 2.27. The molecule has 2 aromatic rings. The van der Waals surface area contributed by atoms with E-state index in [-0.39, 0.29) is 5.75 Å². The van der Waals surface area contributed by atoms with Crippen LogP contribution in [0.5, 0.6) is 11.5 Å². The average Bonchev–Trinajstić information content (AvgIpc) is 2.91. The molecule has 0 bridgehead atoms. The SMILES string of the molecule is CCOc1cc(/C=N/N2C(=O)N[C@](C)(CCc3ccccc3)C2=O)ccc1O. The van der Waals surface area contributed by atoms with Crippen LogP contribution in [0.3, 0.4) is 0 Å². The number of phenolic OH excluding ortho intramolecular Hbond substituents is 1. The molecule has 7 heteroatoms. The van der Waals surface area contributed by atoms with Crippen molar-refractivity contribution in [3.63, 3.8) is 0 Å². The van der Waals surface area contributed by atoms with Gasteiger partial charge in [0.1, 0.15) is 5.54 Å². The molecule has 2 N–H and O–H groups in total. The largest absolute Gasteiger partial charge is 0.504 e. The molecule has 3 amide bonds. The number of imide groups is 1. The molecule has 146 valence electrons. The number of phenols is 1. The van der Waals surface area contributed by atoms with E-state index in [0.717, 1.165) is 10.6 Å². The minimum atomic E-state index is -1.00. The lowest BCUT2D eigenvalue weighted by Crippen LogP contribution is -2.44. The minimum Gasteiger partial charge on any atom is -0.504 e. The highest BCUT2D eigenvalue weighted by molar-refractivity contribution is 6.07. The van der Waals surface area contributed by atoms with Crippen molar-refractivity contribution in [2.75, 3.05) is 6.61 Å². The fourth-order valence-corrected chi connectivity index (χ4v) is 2.99. The highest BCUT2D eigenvalue weighted by atomic mass is 16.5. The molecule has 0 radical (unpaired) electrons. The molecular formula is C21H23N3O4. The molecular weight excluding hydrogens is 358 g/mol. The lowest BCUT2D eigenvalue weighted by molar-refractivity contribution is -0.130. The number of hydrazone groups is 1. The van der Waals surface area contributed by atoms with Gasteiger partial charge in [-0.1, -0.05) is 30.3 Å². The first-order chi connectivity index (χ1) is 13.4. The summed E-state index contributed by atoms with van der Waals surface area (Å²) in [6, 6.07) is 13.9. The minimum absolute atomic E-state index is 0.0162. The molecule has 3 rings (SSSR count). The van der Waals surface area contributed by atoms with Crippen molar-refractivity contribution >= 4 is 18.2 Å². The Labute approximate surface area is 163 Å². The van der Waals surface area contributed by atoms with Crippen LogP contribution >= 0.6 is 0 Å². The van der Waals surface area contributed by atoms with Crippen LogP contribution in [0.1, 0.15) is 31.4 Å². The van der Waals surface area contributed by atoms with Crippen molar-refractivity contribution in [1.82, 2.24) is 10.3 Å². The van der Waals surface area contributed by atoms with Crippen molar-refractivity contribution in [3.05, 3.63) is 59.7 Å². The van der Waals surface area contributed by atoms with Gasteiger partial charge in [0.2, 0.25) is 0 Å². The van der Waals surface area contributed by atoms with Gasteiger partial charge in [-0.25, -0.2) is 4.79 Å². The third-order valence-corrected chi connectivity index (χ3v) is 4.60. The number of nitrogens with one attached hydrogen (secondary N) is 1. The Morgan fingerprint density at radius 1 is 1.21 bits per heavy atom.